The van der Waals surface area contributed by atoms with Gasteiger partial charge < -0.3 is 5.11 Å². The summed E-state index contributed by atoms with van der Waals surface area (Å²) >= 11 is 0. The molecule has 0 saturated heterocycles. The normalized spacial score (nSPS) is 32.2. The van der Waals surface area contributed by atoms with E-state index in [2.05, 4.69) is 12.6 Å². The van der Waals surface area contributed by atoms with Gasteiger partial charge in [-0.25, -0.2) is 0 Å². The molecule has 2 nitrogen and oxygen atoms in total. The second-order valence-corrected chi connectivity index (χ2v) is 2.81. The number of hydrogen-bond acceptors (Lipinski definition) is 2. The second-order valence-electron chi connectivity index (χ2n) is 2.81. The van der Waals surface area contributed by atoms with E-state index in [0.717, 1.165) is 24.8 Å². The maximum absolute atomic E-state index is 8.90. The van der Waals surface area contributed by atoms with Gasteiger partial charge in [-0.2, -0.15) is 5.26 Å². The Bertz CT molecular complexity index is 192. The van der Waals surface area contributed by atoms with E-state index in [4.69, 9.17) is 10.4 Å². The maximum atomic E-state index is 8.90. The van der Waals surface area contributed by atoms with Crippen molar-refractivity contribution >= 4 is 0 Å². The molecule has 1 fully saturated rings. The highest BCUT2D eigenvalue weighted by Gasteiger charge is 2.36. The van der Waals surface area contributed by atoms with Gasteiger partial charge in [0.15, 0.2) is 0 Å². The molecule has 1 aliphatic carbocycles. The van der Waals surface area contributed by atoms with Crippen LogP contribution < -0.4 is 0 Å². The molecule has 1 rings (SSSR count). The second kappa shape index (κ2) is 2.43. The molecule has 1 saturated carbocycles. The summed E-state index contributed by atoms with van der Waals surface area (Å²) in [6.45, 7) is 3.70. The summed E-state index contributed by atoms with van der Waals surface area (Å²) in [6.07, 6.45) is 2.67. The average Bonchev–Trinajstić information content (AvgIpc) is 2.32. The van der Waals surface area contributed by atoms with Gasteiger partial charge in [0.2, 0.25) is 0 Å². The molecule has 1 atom stereocenters. The van der Waals surface area contributed by atoms with Crippen molar-refractivity contribution in [2.45, 2.75) is 19.3 Å². The van der Waals surface area contributed by atoms with Gasteiger partial charge in [0.25, 0.3) is 0 Å². The minimum atomic E-state index is -0.597. The van der Waals surface area contributed by atoms with Crippen LogP contribution >= 0.6 is 0 Å². The Hall–Kier alpha value is -0.810. The topological polar surface area (TPSA) is 44.0 Å². The summed E-state index contributed by atoms with van der Waals surface area (Å²) in [4.78, 5) is 0. The first-order valence-electron chi connectivity index (χ1n) is 3.45. The van der Waals surface area contributed by atoms with Crippen LogP contribution in [0, 0.1) is 16.7 Å². The molecule has 0 aromatic carbocycles. The molecule has 0 aromatic heterocycles. The molecule has 0 spiro atoms. The molecule has 1 aliphatic rings. The average molecular weight is 137 g/mol. The van der Waals surface area contributed by atoms with Gasteiger partial charge in [-0.1, -0.05) is 12.2 Å². The van der Waals surface area contributed by atoms with Crippen molar-refractivity contribution in [3.8, 4) is 6.07 Å². The molecule has 54 valence electrons. The lowest BCUT2D eigenvalue weighted by Crippen LogP contribution is -2.20. The Balaban J connectivity index is 2.84. The van der Waals surface area contributed by atoms with Crippen LogP contribution in [0.4, 0.5) is 0 Å². The van der Waals surface area contributed by atoms with Crippen molar-refractivity contribution in [3.63, 3.8) is 0 Å². The third-order valence-corrected chi connectivity index (χ3v) is 2.24. The van der Waals surface area contributed by atoms with Crippen LogP contribution in [0.3, 0.4) is 0 Å². The third kappa shape index (κ3) is 0.833. The summed E-state index contributed by atoms with van der Waals surface area (Å²) in [6, 6.07) is 2.13. The van der Waals surface area contributed by atoms with Crippen molar-refractivity contribution in [1.29, 1.82) is 5.26 Å². The predicted molar refractivity (Wildman–Crippen MR) is 38.1 cm³/mol. The van der Waals surface area contributed by atoms with Crippen molar-refractivity contribution < 1.29 is 5.11 Å². The number of hydrogen-bond donors (Lipinski definition) is 1. The minimum absolute atomic E-state index is 0.0671. The van der Waals surface area contributed by atoms with Gasteiger partial charge in [-0.15, -0.1) is 0 Å². The number of nitrogens with zero attached hydrogens (tertiary/aromatic N) is 1. The lowest BCUT2D eigenvalue weighted by atomic mass is 9.86. The summed E-state index contributed by atoms with van der Waals surface area (Å²) < 4.78 is 0. The quantitative estimate of drug-likeness (QED) is 0.552. The zero-order valence-electron chi connectivity index (χ0n) is 5.93. The number of aliphatic hydroxyl groups excluding tert-OH is 1. The summed E-state index contributed by atoms with van der Waals surface area (Å²) in [7, 11) is 0. The van der Waals surface area contributed by atoms with E-state index in [0.29, 0.717) is 0 Å². The molecule has 0 aromatic rings. The summed E-state index contributed by atoms with van der Waals surface area (Å²) in [5.74, 6) is 0. The predicted octanol–water partition coefficient (Wildman–Crippen LogP) is 1.23. The SMILES string of the molecule is C=C1CCCC1(C#N)CO. The molecule has 0 bridgehead atoms. The number of nitriles is 1. The first-order valence-corrected chi connectivity index (χ1v) is 3.45. The zero-order valence-corrected chi connectivity index (χ0v) is 5.93. The van der Waals surface area contributed by atoms with Gasteiger partial charge in [0, 0.05) is 0 Å². The van der Waals surface area contributed by atoms with Crippen LogP contribution in [0.1, 0.15) is 19.3 Å². The van der Waals surface area contributed by atoms with Crippen molar-refractivity contribution in [2.24, 2.45) is 5.41 Å². The molecule has 0 amide bonds. The monoisotopic (exact) mass is 137 g/mol. The van der Waals surface area contributed by atoms with Crippen molar-refractivity contribution in [2.75, 3.05) is 6.61 Å². The van der Waals surface area contributed by atoms with E-state index in [1.807, 2.05) is 0 Å². The van der Waals surface area contributed by atoms with Gasteiger partial charge in [-0.05, 0) is 19.3 Å². The lowest BCUT2D eigenvalue weighted by Gasteiger charge is -2.17. The van der Waals surface area contributed by atoms with Crippen LogP contribution in [-0.2, 0) is 0 Å². The molecule has 10 heavy (non-hydrogen) atoms. The van der Waals surface area contributed by atoms with E-state index in [1.54, 1.807) is 0 Å². The van der Waals surface area contributed by atoms with Crippen molar-refractivity contribution in [3.05, 3.63) is 12.2 Å². The van der Waals surface area contributed by atoms with E-state index >= 15 is 0 Å². The zero-order chi connectivity index (χ0) is 7.61. The molecule has 0 aliphatic heterocycles. The number of aliphatic hydroxyl groups is 1. The highest BCUT2D eigenvalue weighted by Crippen LogP contribution is 2.40. The molecular formula is C8H11NO. The minimum Gasteiger partial charge on any atom is -0.394 e. The fourth-order valence-corrected chi connectivity index (χ4v) is 1.38. The third-order valence-electron chi connectivity index (χ3n) is 2.24. The molecule has 2 heteroatoms. The fraction of sp³-hybridized carbons (Fsp3) is 0.625. The molecule has 1 N–H and O–H groups in total. The Morgan fingerprint density at radius 1 is 1.80 bits per heavy atom. The summed E-state index contributed by atoms with van der Waals surface area (Å²) in [5.41, 5.74) is 0.303. The number of rotatable bonds is 1. The molecule has 0 radical (unpaired) electrons. The lowest BCUT2D eigenvalue weighted by molar-refractivity contribution is 0.207. The molecule has 0 heterocycles. The molecular weight excluding hydrogens is 126 g/mol. The Labute approximate surface area is 60.8 Å². The van der Waals surface area contributed by atoms with E-state index in [-0.39, 0.29) is 6.61 Å². The van der Waals surface area contributed by atoms with Gasteiger partial charge in [-0.3, -0.25) is 0 Å². The Morgan fingerprint density at radius 3 is 2.70 bits per heavy atom. The largest absolute Gasteiger partial charge is 0.394 e. The Morgan fingerprint density at radius 2 is 2.50 bits per heavy atom. The smallest absolute Gasteiger partial charge is 0.101 e. The maximum Gasteiger partial charge on any atom is 0.101 e. The van der Waals surface area contributed by atoms with Gasteiger partial charge >= 0.3 is 0 Å². The first kappa shape index (κ1) is 7.30. The van der Waals surface area contributed by atoms with Gasteiger partial charge in [0.05, 0.1) is 12.7 Å². The van der Waals surface area contributed by atoms with Crippen molar-refractivity contribution in [1.82, 2.24) is 0 Å². The van der Waals surface area contributed by atoms with Crippen LogP contribution in [0.5, 0.6) is 0 Å². The van der Waals surface area contributed by atoms with Crippen LogP contribution in [0.15, 0.2) is 12.2 Å². The highest BCUT2D eigenvalue weighted by atomic mass is 16.3. The highest BCUT2D eigenvalue weighted by molar-refractivity contribution is 5.24. The van der Waals surface area contributed by atoms with Gasteiger partial charge in [0.1, 0.15) is 5.41 Å². The first-order chi connectivity index (χ1) is 4.75. The van der Waals surface area contributed by atoms with E-state index in [9.17, 15) is 0 Å². The van der Waals surface area contributed by atoms with Crippen LogP contribution in [-0.4, -0.2) is 11.7 Å². The Kier molecular flexibility index (Phi) is 1.78. The summed E-state index contributed by atoms with van der Waals surface area (Å²) in [5, 5.41) is 17.6. The fourth-order valence-electron chi connectivity index (χ4n) is 1.38. The van der Waals surface area contributed by atoms with Crippen LogP contribution in [0.25, 0.3) is 0 Å². The van der Waals surface area contributed by atoms with E-state index in [1.165, 1.54) is 0 Å². The standard InChI is InChI=1S/C8H11NO/c1-7-3-2-4-8(7,5-9)6-10/h10H,1-4,6H2. The molecule has 1 unspecified atom stereocenters. The van der Waals surface area contributed by atoms with E-state index < -0.39 is 5.41 Å². The van der Waals surface area contributed by atoms with Crippen LogP contribution in [0.2, 0.25) is 0 Å².